The van der Waals surface area contributed by atoms with E-state index in [9.17, 15) is 9.90 Å². The first-order valence-corrected chi connectivity index (χ1v) is 6.62. The topological polar surface area (TPSA) is 40.5 Å². The highest BCUT2D eigenvalue weighted by atomic mass is 16.3. The van der Waals surface area contributed by atoms with Gasteiger partial charge in [-0.05, 0) is 50.9 Å². The summed E-state index contributed by atoms with van der Waals surface area (Å²) in [5, 5.41) is 10.1. The monoisotopic (exact) mass is 237 g/mol. The Hall–Kier alpha value is -0.670. The molecule has 96 valence electrons. The quantitative estimate of drug-likeness (QED) is 0.813. The van der Waals surface area contributed by atoms with Crippen LogP contribution in [0, 0.1) is 5.92 Å². The van der Waals surface area contributed by atoms with Gasteiger partial charge in [0.2, 0.25) is 0 Å². The summed E-state index contributed by atoms with van der Waals surface area (Å²) in [5.74, 6) is -0.0227. The van der Waals surface area contributed by atoms with Gasteiger partial charge in [-0.15, -0.1) is 0 Å². The Morgan fingerprint density at radius 1 is 1.35 bits per heavy atom. The van der Waals surface area contributed by atoms with E-state index in [0.717, 1.165) is 31.3 Å². The molecule has 0 spiro atoms. The number of hydrogen-bond acceptors (Lipinski definition) is 3. The van der Waals surface area contributed by atoms with Crippen LogP contribution < -0.4 is 0 Å². The maximum absolute atomic E-state index is 12.5. The predicted octanol–water partition coefficient (Wildman–Crippen LogP) is 1.76. The molecule has 0 aromatic heterocycles. The summed E-state index contributed by atoms with van der Waals surface area (Å²) in [6, 6.07) is 0. The van der Waals surface area contributed by atoms with Crippen LogP contribution in [0.5, 0.6) is 0 Å². The molecule has 1 unspecified atom stereocenters. The van der Waals surface area contributed by atoms with Crippen molar-refractivity contribution in [3.63, 3.8) is 0 Å². The van der Waals surface area contributed by atoms with Crippen LogP contribution >= 0.6 is 0 Å². The highest BCUT2D eigenvalue weighted by molar-refractivity contribution is 6.03. The molecule has 0 bridgehead atoms. The summed E-state index contributed by atoms with van der Waals surface area (Å²) in [5.41, 5.74) is 2.05. The van der Waals surface area contributed by atoms with Gasteiger partial charge in [0.05, 0.1) is 17.6 Å². The van der Waals surface area contributed by atoms with E-state index in [0.29, 0.717) is 0 Å². The number of aliphatic hydroxyl groups excluding tert-OH is 1. The predicted molar refractivity (Wildman–Crippen MR) is 67.8 cm³/mol. The minimum absolute atomic E-state index is 0.197. The second-order valence-corrected chi connectivity index (χ2v) is 5.43. The Morgan fingerprint density at radius 2 is 2.00 bits per heavy atom. The van der Waals surface area contributed by atoms with Crippen LogP contribution in [0.1, 0.15) is 39.5 Å². The number of hydrogen-bond donors (Lipinski definition) is 1. The molecule has 0 aromatic rings. The summed E-state index contributed by atoms with van der Waals surface area (Å²) in [6.07, 6.45) is 2.90. The number of fused-ring (bicyclic) bond motifs is 1. The number of likely N-dealkylation sites (N-methyl/N-ethyl adjacent to an activating group) is 1. The smallest absolute Gasteiger partial charge is 0.166 e. The SMILES string of the molecule is CCC1=C(CC)[C@]2(N(C)C)CC[C@@H](O)C2C1=O. The largest absolute Gasteiger partial charge is 0.392 e. The first kappa shape index (κ1) is 12.8. The lowest BCUT2D eigenvalue weighted by molar-refractivity contribution is -0.123. The van der Waals surface area contributed by atoms with Crippen molar-refractivity contribution in [3.05, 3.63) is 11.1 Å². The van der Waals surface area contributed by atoms with Crippen LogP contribution in [-0.2, 0) is 4.79 Å². The highest BCUT2D eigenvalue weighted by Crippen LogP contribution is 2.53. The van der Waals surface area contributed by atoms with Gasteiger partial charge in [-0.2, -0.15) is 0 Å². The summed E-state index contributed by atoms with van der Waals surface area (Å²) in [6.45, 7) is 4.16. The van der Waals surface area contributed by atoms with Crippen molar-refractivity contribution < 1.29 is 9.90 Å². The van der Waals surface area contributed by atoms with Crippen LogP contribution in [0.25, 0.3) is 0 Å². The first-order valence-electron chi connectivity index (χ1n) is 6.62. The number of ketones is 1. The molecular weight excluding hydrogens is 214 g/mol. The Morgan fingerprint density at radius 3 is 2.47 bits per heavy atom. The van der Waals surface area contributed by atoms with E-state index in [4.69, 9.17) is 0 Å². The van der Waals surface area contributed by atoms with Crippen LogP contribution in [0.15, 0.2) is 11.1 Å². The standard InChI is InChI=1S/C14H23NO2/c1-5-9-10(6-2)14(15(3)4)8-7-11(16)12(14)13(9)17/h11-12,16H,5-8H2,1-4H3/t11-,12?,14-/m1/s1. The molecule has 3 heteroatoms. The third kappa shape index (κ3) is 1.45. The van der Waals surface area contributed by atoms with Gasteiger partial charge in [0.25, 0.3) is 0 Å². The number of nitrogens with zero attached hydrogens (tertiary/aromatic N) is 1. The number of carbonyl (C=O) groups is 1. The molecule has 1 N–H and O–H groups in total. The number of aliphatic hydroxyl groups is 1. The lowest BCUT2D eigenvalue weighted by Gasteiger charge is -2.39. The van der Waals surface area contributed by atoms with Crippen molar-refractivity contribution in [1.29, 1.82) is 0 Å². The summed E-state index contributed by atoms with van der Waals surface area (Å²) < 4.78 is 0. The van der Waals surface area contributed by atoms with Gasteiger partial charge in [-0.25, -0.2) is 0 Å². The molecular formula is C14H23NO2. The van der Waals surface area contributed by atoms with E-state index in [1.165, 1.54) is 5.57 Å². The lowest BCUT2D eigenvalue weighted by Crippen LogP contribution is -2.49. The molecule has 0 amide bonds. The minimum Gasteiger partial charge on any atom is -0.392 e. The summed E-state index contributed by atoms with van der Waals surface area (Å²) >= 11 is 0. The number of Topliss-reactive ketones (excluding diaryl/α,β-unsaturated/α-hetero) is 1. The van der Waals surface area contributed by atoms with Crippen LogP contribution in [0.3, 0.4) is 0 Å². The number of carbonyl (C=O) groups excluding carboxylic acids is 1. The van der Waals surface area contributed by atoms with Crippen molar-refractivity contribution in [2.75, 3.05) is 14.1 Å². The van der Waals surface area contributed by atoms with Gasteiger partial charge in [0, 0.05) is 0 Å². The molecule has 0 saturated heterocycles. The molecule has 17 heavy (non-hydrogen) atoms. The average Bonchev–Trinajstić information content (AvgIpc) is 2.75. The van der Waals surface area contributed by atoms with E-state index in [1.54, 1.807) is 0 Å². The maximum atomic E-state index is 12.5. The zero-order valence-corrected chi connectivity index (χ0v) is 11.3. The number of allylic oxidation sites excluding steroid dienone is 1. The third-order valence-corrected chi connectivity index (χ3v) is 4.69. The lowest BCUT2D eigenvalue weighted by atomic mass is 9.82. The molecule has 2 aliphatic carbocycles. The van der Waals surface area contributed by atoms with E-state index >= 15 is 0 Å². The molecule has 0 aliphatic heterocycles. The number of rotatable bonds is 3. The third-order valence-electron chi connectivity index (χ3n) is 4.69. The normalized spacial score (nSPS) is 37.2. The van der Waals surface area contributed by atoms with Crippen molar-refractivity contribution in [3.8, 4) is 0 Å². The molecule has 2 aliphatic rings. The van der Waals surface area contributed by atoms with E-state index in [2.05, 4.69) is 11.8 Å². The van der Waals surface area contributed by atoms with Crippen molar-refractivity contribution in [2.45, 2.75) is 51.2 Å². The van der Waals surface area contributed by atoms with Crippen molar-refractivity contribution in [2.24, 2.45) is 5.92 Å². The summed E-state index contributed by atoms with van der Waals surface area (Å²) in [7, 11) is 4.07. The first-order chi connectivity index (χ1) is 8.00. The summed E-state index contributed by atoms with van der Waals surface area (Å²) in [4.78, 5) is 14.6. The fourth-order valence-electron chi connectivity index (χ4n) is 4.02. The Labute approximate surface area is 103 Å². The Balaban J connectivity index is 2.57. The molecule has 0 radical (unpaired) electrons. The molecule has 3 atom stereocenters. The van der Waals surface area contributed by atoms with Crippen LogP contribution in [0.2, 0.25) is 0 Å². The second kappa shape index (κ2) is 4.21. The molecule has 2 rings (SSSR count). The van der Waals surface area contributed by atoms with Gasteiger partial charge in [0.1, 0.15) is 0 Å². The molecule has 0 aromatic carbocycles. The molecule has 1 fully saturated rings. The van der Waals surface area contributed by atoms with E-state index in [1.807, 2.05) is 21.0 Å². The Kier molecular flexibility index (Phi) is 3.17. The maximum Gasteiger partial charge on any atom is 0.166 e. The second-order valence-electron chi connectivity index (χ2n) is 5.43. The van der Waals surface area contributed by atoms with Crippen molar-refractivity contribution in [1.82, 2.24) is 4.90 Å². The molecule has 1 saturated carbocycles. The van der Waals surface area contributed by atoms with E-state index in [-0.39, 0.29) is 17.2 Å². The minimum atomic E-state index is -0.463. The van der Waals surface area contributed by atoms with Gasteiger partial charge in [0.15, 0.2) is 5.78 Å². The fourth-order valence-corrected chi connectivity index (χ4v) is 4.02. The zero-order chi connectivity index (χ0) is 12.8. The van der Waals surface area contributed by atoms with Crippen LogP contribution in [-0.4, -0.2) is 41.5 Å². The highest BCUT2D eigenvalue weighted by Gasteiger charge is 2.59. The average molecular weight is 237 g/mol. The van der Waals surface area contributed by atoms with Crippen molar-refractivity contribution >= 4 is 5.78 Å². The molecule has 3 nitrogen and oxygen atoms in total. The zero-order valence-electron chi connectivity index (χ0n) is 11.3. The Bertz CT molecular complexity index is 372. The van der Waals surface area contributed by atoms with Gasteiger partial charge in [-0.3, -0.25) is 9.69 Å². The molecule has 0 heterocycles. The van der Waals surface area contributed by atoms with Gasteiger partial charge >= 0.3 is 0 Å². The fraction of sp³-hybridized carbons (Fsp3) is 0.786. The van der Waals surface area contributed by atoms with Gasteiger partial charge < -0.3 is 5.11 Å². The van der Waals surface area contributed by atoms with E-state index < -0.39 is 6.10 Å². The van der Waals surface area contributed by atoms with Gasteiger partial charge in [-0.1, -0.05) is 13.8 Å². The van der Waals surface area contributed by atoms with Crippen LogP contribution in [0.4, 0.5) is 0 Å².